The van der Waals surface area contributed by atoms with Crippen LogP contribution in [0.25, 0.3) is 0 Å². The zero-order valence-corrected chi connectivity index (χ0v) is 14.1. The smallest absolute Gasteiger partial charge is 0.254 e. The molecule has 1 aliphatic heterocycles. The largest absolute Gasteiger partial charge is 0.335 e. The predicted molar refractivity (Wildman–Crippen MR) is 85.9 cm³/mol. The second-order valence-corrected chi connectivity index (χ2v) is 6.77. The molecule has 1 saturated heterocycles. The predicted octanol–water partition coefficient (Wildman–Crippen LogP) is 3.58. The first-order valence-corrected chi connectivity index (χ1v) is 8.27. The van der Waals surface area contributed by atoms with E-state index in [0.29, 0.717) is 22.6 Å². The second kappa shape index (κ2) is 7.36. The maximum absolute atomic E-state index is 13.5. The van der Waals surface area contributed by atoms with Crippen molar-refractivity contribution in [3.05, 3.63) is 34.1 Å². The Hall–Kier alpha value is -0.940. The van der Waals surface area contributed by atoms with Crippen LogP contribution in [0.5, 0.6) is 0 Å². The fraction of sp³-hybridized carbons (Fsp3) is 0.562. The zero-order valence-electron chi connectivity index (χ0n) is 12.5. The summed E-state index contributed by atoms with van der Waals surface area (Å²) < 4.78 is 14.1. The lowest BCUT2D eigenvalue weighted by Gasteiger charge is -2.33. The van der Waals surface area contributed by atoms with Gasteiger partial charge in [0.2, 0.25) is 0 Å². The van der Waals surface area contributed by atoms with Crippen molar-refractivity contribution < 1.29 is 9.18 Å². The van der Waals surface area contributed by atoms with E-state index in [1.54, 1.807) is 6.07 Å². The van der Waals surface area contributed by atoms with E-state index in [-0.39, 0.29) is 11.9 Å². The Morgan fingerprint density at radius 3 is 2.76 bits per heavy atom. The molecule has 1 amide bonds. The van der Waals surface area contributed by atoms with Gasteiger partial charge < -0.3 is 10.2 Å². The van der Waals surface area contributed by atoms with Crippen LogP contribution < -0.4 is 5.32 Å². The molecule has 2 rings (SSSR count). The molecule has 0 radical (unpaired) electrons. The number of rotatable bonds is 4. The highest BCUT2D eigenvalue weighted by molar-refractivity contribution is 9.10. The second-order valence-electron chi connectivity index (χ2n) is 5.86. The summed E-state index contributed by atoms with van der Waals surface area (Å²) in [7, 11) is 0. The Morgan fingerprint density at radius 1 is 1.43 bits per heavy atom. The third-order valence-corrected chi connectivity index (χ3v) is 4.28. The fourth-order valence-corrected chi connectivity index (χ4v) is 3.15. The summed E-state index contributed by atoms with van der Waals surface area (Å²) in [5, 5.41) is 3.46. The molecule has 1 N–H and O–H groups in total. The van der Waals surface area contributed by atoms with Gasteiger partial charge in [-0.2, -0.15) is 0 Å². The van der Waals surface area contributed by atoms with Crippen molar-refractivity contribution >= 4 is 21.8 Å². The maximum Gasteiger partial charge on any atom is 0.254 e. The molecule has 21 heavy (non-hydrogen) atoms. The minimum absolute atomic E-state index is 0.0864. The zero-order chi connectivity index (χ0) is 15.4. The third-order valence-electron chi connectivity index (χ3n) is 3.82. The van der Waals surface area contributed by atoms with Gasteiger partial charge in [0.1, 0.15) is 5.82 Å². The van der Waals surface area contributed by atoms with Crippen LogP contribution in [0.1, 0.15) is 43.5 Å². The Kier molecular flexibility index (Phi) is 5.76. The van der Waals surface area contributed by atoms with Crippen LogP contribution in [0.2, 0.25) is 0 Å². The Balaban J connectivity index is 2.14. The van der Waals surface area contributed by atoms with Gasteiger partial charge in [0, 0.05) is 28.7 Å². The third kappa shape index (κ3) is 4.51. The van der Waals surface area contributed by atoms with Gasteiger partial charge in [-0.1, -0.05) is 22.4 Å². The molecule has 0 bridgehead atoms. The summed E-state index contributed by atoms with van der Waals surface area (Å²) in [5.74, 6) is -0.509. The monoisotopic (exact) mass is 356 g/mol. The van der Waals surface area contributed by atoms with Gasteiger partial charge in [0.05, 0.1) is 0 Å². The van der Waals surface area contributed by atoms with E-state index in [9.17, 15) is 9.18 Å². The van der Waals surface area contributed by atoms with E-state index in [0.717, 1.165) is 13.0 Å². The molecular weight excluding hydrogens is 335 g/mol. The molecule has 0 aromatic heterocycles. The minimum atomic E-state index is -0.396. The van der Waals surface area contributed by atoms with Crippen LogP contribution >= 0.6 is 15.9 Å². The number of nitrogens with one attached hydrogen (secondary N) is 1. The number of halogens is 2. The number of carbonyl (C=O) groups excluding carboxylic acids is 1. The summed E-state index contributed by atoms with van der Waals surface area (Å²) in [5.41, 5.74) is 0.395. The lowest BCUT2D eigenvalue weighted by molar-refractivity contribution is 0.0676. The Labute approximate surface area is 134 Å². The summed E-state index contributed by atoms with van der Waals surface area (Å²) in [6, 6.07) is 4.76. The van der Waals surface area contributed by atoms with Gasteiger partial charge in [-0.15, -0.1) is 0 Å². The first-order chi connectivity index (χ1) is 9.97. The van der Waals surface area contributed by atoms with Gasteiger partial charge in [-0.3, -0.25) is 4.79 Å². The van der Waals surface area contributed by atoms with E-state index in [2.05, 4.69) is 21.2 Å². The highest BCUT2D eigenvalue weighted by Crippen LogP contribution is 2.18. The quantitative estimate of drug-likeness (QED) is 0.893. The molecule has 1 atom stereocenters. The lowest BCUT2D eigenvalue weighted by atomic mass is 10.0. The molecule has 0 aliphatic carbocycles. The molecule has 1 heterocycles. The topological polar surface area (TPSA) is 32.3 Å². The Morgan fingerprint density at radius 2 is 2.19 bits per heavy atom. The van der Waals surface area contributed by atoms with Crippen LogP contribution in [-0.4, -0.2) is 36.0 Å². The van der Waals surface area contributed by atoms with E-state index in [4.69, 9.17) is 0 Å². The van der Waals surface area contributed by atoms with Crippen molar-refractivity contribution in [1.82, 2.24) is 10.2 Å². The van der Waals surface area contributed by atoms with E-state index < -0.39 is 5.82 Å². The van der Waals surface area contributed by atoms with Crippen LogP contribution in [0.4, 0.5) is 4.39 Å². The normalized spacial score (nSPS) is 18.8. The minimum Gasteiger partial charge on any atom is -0.335 e. The molecule has 3 nitrogen and oxygen atoms in total. The first kappa shape index (κ1) is 16.4. The summed E-state index contributed by atoms with van der Waals surface area (Å²) >= 11 is 3.24. The molecule has 0 spiro atoms. The van der Waals surface area contributed by atoms with Crippen molar-refractivity contribution in [2.24, 2.45) is 0 Å². The molecule has 5 heteroatoms. The number of benzene rings is 1. The lowest BCUT2D eigenvalue weighted by Crippen LogP contribution is -2.48. The highest BCUT2D eigenvalue weighted by Gasteiger charge is 2.24. The standard InChI is InChI=1S/C16H22BrFN2O/c1-11(2)20(10-15-5-3-4-6-19-15)16(21)12-7-13(17)9-14(18)8-12/h7-9,11,15,19H,3-6,10H2,1-2H3. The number of hydrogen-bond donors (Lipinski definition) is 1. The molecule has 1 aromatic carbocycles. The molecule has 1 aliphatic rings. The van der Waals surface area contributed by atoms with Crippen LogP contribution in [0, 0.1) is 5.82 Å². The number of hydrogen-bond acceptors (Lipinski definition) is 2. The average molecular weight is 357 g/mol. The van der Waals surface area contributed by atoms with Gasteiger partial charge in [0.15, 0.2) is 0 Å². The number of nitrogens with zero attached hydrogens (tertiary/aromatic N) is 1. The highest BCUT2D eigenvalue weighted by atomic mass is 79.9. The van der Waals surface area contributed by atoms with Gasteiger partial charge in [-0.05, 0) is 51.4 Å². The number of amides is 1. The number of carbonyl (C=O) groups is 1. The van der Waals surface area contributed by atoms with Crippen LogP contribution in [0.3, 0.4) is 0 Å². The summed E-state index contributed by atoms with van der Waals surface area (Å²) in [4.78, 5) is 14.5. The molecule has 116 valence electrons. The summed E-state index contributed by atoms with van der Waals surface area (Å²) in [6.45, 7) is 5.67. The van der Waals surface area contributed by atoms with E-state index >= 15 is 0 Å². The van der Waals surface area contributed by atoms with Crippen LogP contribution in [0.15, 0.2) is 22.7 Å². The first-order valence-electron chi connectivity index (χ1n) is 7.48. The van der Waals surface area contributed by atoms with Gasteiger partial charge in [0.25, 0.3) is 5.91 Å². The van der Waals surface area contributed by atoms with Crippen molar-refractivity contribution in [3.63, 3.8) is 0 Å². The van der Waals surface area contributed by atoms with E-state index in [1.165, 1.54) is 25.0 Å². The average Bonchev–Trinajstić information content (AvgIpc) is 2.44. The molecule has 1 aromatic rings. The van der Waals surface area contributed by atoms with Gasteiger partial charge >= 0.3 is 0 Å². The molecule has 1 unspecified atom stereocenters. The van der Waals surface area contributed by atoms with Crippen molar-refractivity contribution in [3.8, 4) is 0 Å². The van der Waals surface area contributed by atoms with Crippen molar-refractivity contribution in [1.29, 1.82) is 0 Å². The molecule has 1 fully saturated rings. The SMILES string of the molecule is CC(C)N(CC1CCCCN1)C(=O)c1cc(F)cc(Br)c1. The number of piperidine rings is 1. The summed E-state index contributed by atoms with van der Waals surface area (Å²) in [6.07, 6.45) is 3.48. The maximum atomic E-state index is 13.5. The molecular formula is C16H22BrFN2O. The fourth-order valence-electron chi connectivity index (χ4n) is 2.69. The van der Waals surface area contributed by atoms with Crippen molar-refractivity contribution in [2.75, 3.05) is 13.1 Å². The molecule has 0 saturated carbocycles. The van der Waals surface area contributed by atoms with E-state index in [1.807, 2.05) is 18.7 Å². The van der Waals surface area contributed by atoms with Crippen LogP contribution in [-0.2, 0) is 0 Å². The van der Waals surface area contributed by atoms with Gasteiger partial charge in [-0.25, -0.2) is 4.39 Å². The van der Waals surface area contributed by atoms with Crippen molar-refractivity contribution in [2.45, 2.75) is 45.2 Å². The Bertz CT molecular complexity index is 481.